The van der Waals surface area contributed by atoms with Gasteiger partial charge in [-0.1, -0.05) is 19.1 Å². The number of nitrogens with zero attached hydrogens (tertiary/aromatic N) is 3. The molecule has 1 aliphatic rings. The number of carbonyl (C=O) groups excluding carboxylic acids is 1. The number of ketones is 1. The van der Waals surface area contributed by atoms with E-state index in [1.54, 1.807) is 24.4 Å². The average Bonchev–Trinajstić information content (AvgIpc) is 3.73. The minimum atomic E-state index is -0.486. The van der Waals surface area contributed by atoms with Crippen LogP contribution in [-0.4, -0.2) is 73.9 Å². The van der Waals surface area contributed by atoms with Crippen LogP contribution in [0.2, 0.25) is 0 Å². The van der Waals surface area contributed by atoms with Crippen molar-refractivity contribution in [3.8, 4) is 22.1 Å². The zero-order valence-corrected chi connectivity index (χ0v) is 27.0. The highest BCUT2D eigenvalue weighted by Gasteiger charge is 2.24. The molecule has 1 fully saturated rings. The van der Waals surface area contributed by atoms with Crippen LogP contribution in [0.5, 0.6) is 11.5 Å². The molecule has 1 aromatic carbocycles. The van der Waals surface area contributed by atoms with Crippen molar-refractivity contribution in [2.24, 2.45) is 5.92 Å². The number of pyridine rings is 2. The Balaban J connectivity index is 1.10. The molecular formula is C35H42FN3O5S. The smallest absolute Gasteiger partial charge is 0.166 e. The number of halogens is 1. The molecule has 5 rings (SSSR count). The van der Waals surface area contributed by atoms with Gasteiger partial charge in [0.15, 0.2) is 11.6 Å². The number of hydrogen-bond donors (Lipinski definition) is 0. The lowest BCUT2D eigenvalue weighted by molar-refractivity contribution is -0.118. The van der Waals surface area contributed by atoms with Gasteiger partial charge in [-0.25, -0.2) is 4.39 Å². The van der Waals surface area contributed by atoms with Crippen molar-refractivity contribution in [1.82, 2.24) is 14.9 Å². The molecule has 1 saturated carbocycles. The van der Waals surface area contributed by atoms with E-state index < -0.39 is 5.82 Å². The quantitative estimate of drug-likeness (QED) is 0.0952. The van der Waals surface area contributed by atoms with E-state index in [0.29, 0.717) is 56.7 Å². The minimum Gasteiger partial charge on any atom is -0.453 e. The number of rotatable bonds is 20. The Bertz CT molecular complexity index is 1530. The Morgan fingerprint density at radius 3 is 2.40 bits per heavy atom. The fourth-order valence-electron chi connectivity index (χ4n) is 4.88. The molecule has 240 valence electrons. The van der Waals surface area contributed by atoms with Crippen molar-refractivity contribution in [2.45, 2.75) is 45.6 Å². The molecule has 0 amide bonds. The molecule has 0 radical (unpaired) electrons. The Morgan fingerprint density at radius 1 is 0.933 bits per heavy atom. The molecule has 0 spiro atoms. The van der Waals surface area contributed by atoms with Gasteiger partial charge in [0.05, 0.1) is 53.8 Å². The van der Waals surface area contributed by atoms with Gasteiger partial charge in [0.2, 0.25) is 0 Å². The second-order valence-corrected chi connectivity index (χ2v) is 12.5. The molecule has 3 aromatic heterocycles. The number of fused-ring (bicyclic) bond motifs is 1. The van der Waals surface area contributed by atoms with Gasteiger partial charge in [-0.15, -0.1) is 11.3 Å². The molecule has 0 atom stereocenters. The third-order valence-electron chi connectivity index (χ3n) is 7.45. The average molecular weight is 636 g/mol. The molecule has 1 aliphatic carbocycles. The van der Waals surface area contributed by atoms with Crippen molar-refractivity contribution in [2.75, 3.05) is 53.2 Å². The van der Waals surface area contributed by atoms with E-state index in [0.717, 1.165) is 65.3 Å². The number of hydrogen-bond acceptors (Lipinski definition) is 9. The van der Waals surface area contributed by atoms with Crippen molar-refractivity contribution in [3.05, 3.63) is 71.8 Å². The van der Waals surface area contributed by atoms with Crippen molar-refractivity contribution >= 4 is 27.3 Å². The lowest BCUT2D eigenvalue weighted by atomic mass is 10.0. The zero-order chi connectivity index (χ0) is 31.4. The summed E-state index contributed by atoms with van der Waals surface area (Å²) < 4.78 is 38.4. The van der Waals surface area contributed by atoms with E-state index in [2.05, 4.69) is 29.9 Å². The van der Waals surface area contributed by atoms with Gasteiger partial charge in [0.1, 0.15) is 11.5 Å². The molecule has 10 heteroatoms. The summed E-state index contributed by atoms with van der Waals surface area (Å²) in [6, 6.07) is 12.6. The summed E-state index contributed by atoms with van der Waals surface area (Å²) in [5.41, 5.74) is 3.37. The van der Waals surface area contributed by atoms with Crippen molar-refractivity contribution in [1.29, 1.82) is 0 Å². The standard InChI is InChI=1S/C35H42FN3O5S/c1-3-13-41-15-17-43-18-16-42-14-12-39(2)24-27-6-8-30(38-23-27)34-22-31-35(45-34)33(10-11-37-31)44-32-9-7-26(21-29(32)36)20-28(40)19-25-4-5-25/h6-11,21-23,25H,3-5,12-20,24H2,1-2H3. The van der Waals surface area contributed by atoms with E-state index in [1.165, 1.54) is 17.4 Å². The first-order valence-electron chi connectivity index (χ1n) is 15.7. The maximum Gasteiger partial charge on any atom is 0.166 e. The highest BCUT2D eigenvalue weighted by atomic mass is 32.1. The SMILES string of the molecule is CCCOCCOCCOCCN(C)Cc1ccc(-c2cc3nccc(Oc4ccc(CC(=O)CC5CC5)cc4F)c3s2)nc1. The Hall–Kier alpha value is -3.28. The third-order valence-corrected chi connectivity index (χ3v) is 8.61. The summed E-state index contributed by atoms with van der Waals surface area (Å²) in [6.45, 7) is 7.40. The number of carbonyl (C=O) groups is 1. The fourth-order valence-corrected chi connectivity index (χ4v) is 5.92. The van der Waals surface area contributed by atoms with Crippen LogP contribution in [0.25, 0.3) is 20.8 Å². The van der Waals surface area contributed by atoms with E-state index in [9.17, 15) is 9.18 Å². The molecule has 0 saturated heterocycles. The summed E-state index contributed by atoms with van der Waals surface area (Å²) in [6.07, 6.45) is 7.66. The Morgan fingerprint density at radius 2 is 1.69 bits per heavy atom. The number of thiophene rings is 1. The van der Waals surface area contributed by atoms with Crippen LogP contribution in [0, 0.1) is 11.7 Å². The van der Waals surface area contributed by atoms with Crippen LogP contribution in [0.3, 0.4) is 0 Å². The number of likely N-dealkylation sites (N-methyl/N-ethyl adjacent to an activating group) is 1. The van der Waals surface area contributed by atoms with Crippen molar-refractivity contribution < 1.29 is 28.1 Å². The number of aromatic nitrogens is 2. The van der Waals surface area contributed by atoms with Gasteiger partial charge in [-0.05, 0) is 67.6 Å². The molecule has 0 aliphatic heterocycles. The second kappa shape index (κ2) is 16.9. The Labute approximate surface area is 268 Å². The molecule has 8 nitrogen and oxygen atoms in total. The van der Waals surface area contributed by atoms with Crippen LogP contribution in [0.4, 0.5) is 4.39 Å². The number of benzene rings is 1. The highest BCUT2D eigenvalue weighted by Crippen LogP contribution is 2.39. The van der Waals surface area contributed by atoms with Crippen LogP contribution in [0.1, 0.15) is 43.7 Å². The van der Waals surface area contributed by atoms with Gasteiger partial charge in [0.25, 0.3) is 0 Å². The maximum absolute atomic E-state index is 15.0. The van der Waals surface area contributed by atoms with E-state index in [-0.39, 0.29) is 18.0 Å². The highest BCUT2D eigenvalue weighted by molar-refractivity contribution is 7.22. The summed E-state index contributed by atoms with van der Waals surface area (Å²) >= 11 is 1.51. The van der Waals surface area contributed by atoms with E-state index in [1.807, 2.05) is 18.3 Å². The normalized spacial score (nSPS) is 13.2. The lowest BCUT2D eigenvalue weighted by Crippen LogP contribution is -2.23. The fraction of sp³-hybridized carbons (Fsp3) is 0.457. The van der Waals surface area contributed by atoms with Crippen molar-refractivity contribution in [3.63, 3.8) is 0 Å². The molecular weight excluding hydrogens is 593 g/mol. The van der Waals surface area contributed by atoms with Gasteiger partial charge >= 0.3 is 0 Å². The van der Waals surface area contributed by atoms with Crippen LogP contribution < -0.4 is 4.74 Å². The van der Waals surface area contributed by atoms with Gasteiger partial charge in [0, 0.05) is 51.0 Å². The van der Waals surface area contributed by atoms with Crippen LogP contribution in [0.15, 0.2) is 54.9 Å². The largest absolute Gasteiger partial charge is 0.453 e. The monoisotopic (exact) mass is 635 g/mol. The number of ether oxygens (including phenoxy) is 4. The molecule has 4 aromatic rings. The summed E-state index contributed by atoms with van der Waals surface area (Å²) in [5.74, 6) is 0.848. The Kier molecular flexibility index (Phi) is 12.4. The molecule has 0 N–H and O–H groups in total. The summed E-state index contributed by atoms with van der Waals surface area (Å²) in [7, 11) is 2.06. The maximum atomic E-state index is 15.0. The van der Waals surface area contributed by atoms with Gasteiger partial charge in [-0.3, -0.25) is 19.7 Å². The molecule has 0 unspecified atom stereocenters. The molecule has 0 bridgehead atoms. The lowest BCUT2D eigenvalue weighted by Gasteiger charge is -2.16. The second-order valence-electron chi connectivity index (χ2n) is 11.5. The third kappa shape index (κ3) is 10.4. The number of Topliss-reactive ketones (excluding diaryl/α,β-unsaturated/α-hetero) is 1. The van der Waals surface area contributed by atoms with E-state index in [4.69, 9.17) is 23.9 Å². The van der Waals surface area contributed by atoms with Gasteiger partial charge < -0.3 is 18.9 Å². The summed E-state index contributed by atoms with van der Waals surface area (Å²) in [4.78, 5) is 24.5. The topological polar surface area (TPSA) is 83.0 Å². The predicted octanol–water partition coefficient (Wildman–Crippen LogP) is 7.09. The summed E-state index contributed by atoms with van der Waals surface area (Å²) in [5, 5.41) is 0. The first-order chi connectivity index (χ1) is 22.0. The van der Waals surface area contributed by atoms with Crippen LogP contribution >= 0.6 is 11.3 Å². The predicted molar refractivity (Wildman–Crippen MR) is 174 cm³/mol. The minimum absolute atomic E-state index is 0.120. The molecule has 3 heterocycles. The zero-order valence-electron chi connectivity index (χ0n) is 26.1. The van der Waals surface area contributed by atoms with Gasteiger partial charge in [-0.2, -0.15) is 0 Å². The molecule has 45 heavy (non-hydrogen) atoms. The first kappa shape index (κ1) is 33.1. The van der Waals surface area contributed by atoms with Crippen LogP contribution in [-0.2, 0) is 32.0 Å². The first-order valence-corrected chi connectivity index (χ1v) is 16.5. The van der Waals surface area contributed by atoms with E-state index >= 15 is 0 Å².